The van der Waals surface area contributed by atoms with Gasteiger partial charge in [0.15, 0.2) is 0 Å². The lowest BCUT2D eigenvalue weighted by atomic mass is 10.1. The molecule has 1 atom stereocenters. The molecule has 0 bridgehead atoms. The Balaban J connectivity index is 2.47. The van der Waals surface area contributed by atoms with Crippen LogP contribution < -0.4 is 4.90 Å². The van der Waals surface area contributed by atoms with Gasteiger partial charge in [0.2, 0.25) is 0 Å². The smallest absolute Gasteiger partial charge is 0.355 e. The molecule has 0 N–H and O–H groups in total. The molecule has 0 saturated heterocycles. The maximum Gasteiger partial charge on any atom is 0.355 e. The molecule has 0 spiro atoms. The highest BCUT2D eigenvalue weighted by molar-refractivity contribution is 5.94. The SMILES string of the molecule is COC(=O)/C(=C/C#N)N1c2ccccc2CC1C. The average Bonchev–Trinajstić information content (AvgIpc) is 2.71. The van der Waals surface area contributed by atoms with Gasteiger partial charge in [0.25, 0.3) is 0 Å². The van der Waals surface area contributed by atoms with Gasteiger partial charge in [0.05, 0.1) is 13.2 Å². The van der Waals surface area contributed by atoms with Crippen LogP contribution >= 0.6 is 0 Å². The lowest BCUT2D eigenvalue weighted by Crippen LogP contribution is -2.33. The lowest BCUT2D eigenvalue weighted by Gasteiger charge is -2.25. The fourth-order valence-electron chi connectivity index (χ4n) is 2.33. The highest BCUT2D eigenvalue weighted by Gasteiger charge is 2.31. The number of rotatable bonds is 2. The molecule has 2 rings (SSSR count). The zero-order chi connectivity index (χ0) is 13.1. The largest absolute Gasteiger partial charge is 0.464 e. The molecule has 1 aromatic rings. The Morgan fingerprint density at radius 1 is 1.56 bits per heavy atom. The predicted octanol–water partition coefficient (Wildman–Crippen LogP) is 2.02. The minimum Gasteiger partial charge on any atom is -0.464 e. The van der Waals surface area contributed by atoms with Gasteiger partial charge >= 0.3 is 5.97 Å². The van der Waals surface area contributed by atoms with Crippen LogP contribution in [0.15, 0.2) is 36.0 Å². The summed E-state index contributed by atoms with van der Waals surface area (Å²) in [5.41, 5.74) is 2.44. The van der Waals surface area contributed by atoms with E-state index in [1.54, 1.807) is 0 Å². The first-order valence-electron chi connectivity index (χ1n) is 5.74. The second kappa shape index (κ2) is 4.92. The normalized spacial score (nSPS) is 18.2. The number of fused-ring (bicyclic) bond motifs is 1. The molecule has 4 heteroatoms. The Kier molecular flexibility index (Phi) is 3.33. The Morgan fingerprint density at radius 2 is 2.28 bits per heavy atom. The third-order valence-electron chi connectivity index (χ3n) is 3.06. The Morgan fingerprint density at radius 3 is 2.94 bits per heavy atom. The van der Waals surface area contributed by atoms with Crippen molar-refractivity contribution in [3.63, 3.8) is 0 Å². The zero-order valence-electron chi connectivity index (χ0n) is 10.4. The van der Waals surface area contributed by atoms with Gasteiger partial charge in [-0.15, -0.1) is 0 Å². The molecule has 0 amide bonds. The molecule has 1 unspecified atom stereocenters. The van der Waals surface area contributed by atoms with Crippen LogP contribution in [0.25, 0.3) is 0 Å². The van der Waals surface area contributed by atoms with Gasteiger partial charge in [-0.25, -0.2) is 4.79 Å². The molecule has 0 saturated carbocycles. The molecule has 1 aliphatic heterocycles. The molecule has 0 aromatic heterocycles. The fraction of sp³-hybridized carbons (Fsp3) is 0.286. The van der Waals surface area contributed by atoms with Crippen LogP contribution in [0.5, 0.6) is 0 Å². The second-order valence-electron chi connectivity index (χ2n) is 4.20. The summed E-state index contributed by atoms with van der Waals surface area (Å²) in [7, 11) is 1.32. The van der Waals surface area contributed by atoms with Gasteiger partial charge in [-0.3, -0.25) is 0 Å². The van der Waals surface area contributed by atoms with Crippen molar-refractivity contribution in [3.05, 3.63) is 41.6 Å². The van der Waals surface area contributed by atoms with E-state index in [4.69, 9.17) is 10.00 Å². The standard InChI is InChI=1S/C14H14N2O2/c1-10-9-11-5-3-4-6-12(11)16(10)13(7-8-15)14(17)18-2/h3-7,10H,9H2,1-2H3/b13-7-. The molecule has 4 nitrogen and oxygen atoms in total. The van der Waals surface area contributed by atoms with E-state index < -0.39 is 5.97 Å². The number of allylic oxidation sites excluding steroid dienone is 1. The fourth-order valence-corrected chi connectivity index (χ4v) is 2.33. The van der Waals surface area contributed by atoms with Gasteiger partial charge in [-0.2, -0.15) is 5.26 Å². The molecule has 0 aliphatic carbocycles. The van der Waals surface area contributed by atoms with E-state index in [0.717, 1.165) is 12.1 Å². The van der Waals surface area contributed by atoms with Crippen molar-refractivity contribution in [3.8, 4) is 6.07 Å². The summed E-state index contributed by atoms with van der Waals surface area (Å²) >= 11 is 0. The van der Waals surface area contributed by atoms with Crippen molar-refractivity contribution in [2.75, 3.05) is 12.0 Å². The Labute approximate surface area is 106 Å². The molecule has 92 valence electrons. The van der Waals surface area contributed by atoms with Crippen LogP contribution in [0.4, 0.5) is 5.69 Å². The quantitative estimate of drug-likeness (QED) is 0.452. The molecular weight excluding hydrogens is 228 g/mol. The number of carbonyl (C=O) groups is 1. The molecule has 1 aromatic carbocycles. The topological polar surface area (TPSA) is 53.3 Å². The van der Waals surface area contributed by atoms with Gasteiger partial charge in [-0.05, 0) is 25.0 Å². The summed E-state index contributed by atoms with van der Waals surface area (Å²) < 4.78 is 4.74. The van der Waals surface area contributed by atoms with Crippen LogP contribution in [0.3, 0.4) is 0 Å². The van der Waals surface area contributed by atoms with E-state index in [-0.39, 0.29) is 11.7 Å². The van der Waals surface area contributed by atoms with Crippen molar-refractivity contribution in [1.82, 2.24) is 0 Å². The van der Waals surface area contributed by atoms with E-state index >= 15 is 0 Å². The van der Waals surface area contributed by atoms with E-state index in [1.165, 1.54) is 18.7 Å². The summed E-state index contributed by atoms with van der Waals surface area (Å²) in [6.07, 6.45) is 2.10. The number of carbonyl (C=O) groups excluding carboxylic acids is 1. The summed E-state index contributed by atoms with van der Waals surface area (Å²) in [4.78, 5) is 13.6. The minimum atomic E-state index is -0.486. The number of methoxy groups -OCH3 is 1. The third kappa shape index (κ3) is 1.95. The number of benzene rings is 1. The molecular formula is C14H14N2O2. The second-order valence-corrected chi connectivity index (χ2v) is 4.20. The molecule has 1 aliphatic rings. The van der Waals surface area contributed by atoms with Crippen molar-refractivity contribution < 1.29 is 9.53 Å². The predicted molar refractivity (Wildman–Crippen MR) is 67.8 cm³/mol. The average molecular weight is 242 g/mol. The summed E-state index contributed by atoms with van der Waals surface area (Å²) in [5.74, 6) is -0.486. The maximum absolute atomic E-state index is 11.8. The summed E-state index contributed by atoms with van der Waals surface area (Å²) in [5, 5.41) is 8.81. The molecule has 1 heterocycles. The van der Waals surface area contributed by atoms with Gasteiger partial charge in [0.1, 0.15) is 5.70 Å². The summed E-state index contributed by atoms with van der Waals surface area (Å²) in [6.45, 7) is 2.02. The van der Waals surface area contributed by atoms with Crippen molar-refractivity contribution in [2.24, 2.45) is 0 Å². The van der Waals surface area contributed by atoms with Crippen molar-refractivity contribution >= 4 is 11.7 Å². The van der Waals surface area contributed by atoms with Crippen molar-refractivity contribution in [2.45, 2.75) is 19.4 Å². The number of nitrogens with zero attached hydrogens (tertiary/aromatic N) is 2. The number of ether oxygens (including phenoxy) is 1. The maximum atomic E-state index is 11.8. The minimum absolute atomic E-state index is 0.140. The first-order valence-corrected chi connectivity index (χ1v) is 5.74. The number of nitriles is 1. The zero-order valence-corrected chi connectivity index (χ0v) is 10.4. The van der Waals surface area contributed by atoms with Crippen LogP contribution in [0.1, 0.15) is 12.5 Å². The Bertz CT molecular complexity index is 543. The van der Waals surface area contributed by atoms with Crippen LogP contribution in [0, 0.1) is 11.3 Å². The molecule has 0 fully saturated rings. The number of hydrogen-bond donors (Lipinski definition) is 0. The molecule has 0 radical (unpaired) electrons. The molecule has 18 heavy (non-hydrogen) atoms. The first kappa shape index (κ1) is 12.2. The summed E-state index contributed by atoms with van der Waals surface area (Å²) in [6, 6.07) is 9.93. The van der Waals surface area contributed by atoms with Crippen LogP contribution in [-0.2, 0) is 16.0 Å². The highest BCUT2D eigenvalue weighted by atomic mass is 16.5. The van der Waals surface area contributed by atoms with E-state index in [2.05, 4.69) is 0 Å². The van der Waals surface area contributed by atoms with Crippen LogP contribution in [-0.4, -0.2) is 19.1 Å². The van der Waals surface area contributed by atoms with Gasteiger partial charge in [-0.1, -0.05) is 18.2 Å². The van der Waals surface area contributed by atoms with E-state index in [9.17, 15) is 4.79 Å². The monoisotopic (exact) mass is 242 g/mol. The Hall–Kier alpha value is -2.28. The highest BCUT2D eigenvalue weighted by Crippen LogP contribution is 2.34. The number of anilines is 1. The number of hydrogen-bond acceptors (Lipinski definition) is 4. The lowest BCUT2D eigenvalue weighted by molar-refractivity contribution is -0.136. The van der Waals surface area contributed by atoms with E-state index in [1.807, 2.05) is 42.2 Å². The number of esters is 1. The van der Waals surface area contributed by atoms with Gasteiger partial charge < -0.3 is 9.64 Å². The first-order chi connectivity index (χ1) is 8.69. The number of para-hydroxylation sites is 1. The van der Waals surface area contributed by atoms with Gasteiger partial charge in [0, 0.05) is 17.8 Å². The third-order valence-corrected chi connectivity index (χ3v) is 3.06. The van der Waals surface area contributed by atoms with Crippen molar-refractivity contribution in [1.29, 1.82) is 5.26 Å². The van der Waals surface area contributed by atoms with E-state index in [0.29, 0.717) is 0 Å². The van der Waals surface area contributed by atoms with Crippen LogP contribution in [0.2, 0.25) is 0 Å².